The van der Waals surface area contributed by atoms with Crippen LogP contribution >= 0.6 is 24.0 Å². The molecule has 0 fully saturated rings. The number of benzene rings is 1. The second-order valence-electron chi connectivity index (χ2n) is 5.70. The third-order valence-corrected chi connectivity index (χ3v) is 5.58. The Morgan fingerprint density at radius 3 is 2.85 bits per heavy atom. The standard InChI is InChI=1S/C16H18F2N6S2/c1-9(14(25)19-2)15-21-22-16(26-15)20-12-6-7-24(23-12)8-10-4-3-5-11(17)13(10)18/h3-7,9,14,19,25H,8H2,1-2H3,(H,20,22,23). The highest BCUT2D eigenvalue weighted by Crippen LogP contribution is 2.28. The second kappa shape index (κ2) is 8.11. The number of thiol groups is 1. The Hall–Kier alpha value is -2.04. The molecular formula is C16H18F2N6S2. The molecule has 0 spiro atoms. The summed E-state index contributed by atoms with van der Waals surface area (Å²) in [6.07, 6.45) is 1.68. The maximum absolute atomic E-state index is 13.8. The van der Waals surface area contributed by atoms with E-state index >= 15 is 0 Å². The van der Waals surface area contributed by atoms with Gasteiger partial charge < -0.3 is 10.6 Å². The minimum atomic E-state index is -0.868. The van der Waals surface area contributed by atoms with Gasteiger partial charge in [-0.1, -0.05) is 30.4 Å². The van der Waals surface area contributed by atoms with Gasteiger partial charge in [-0.2, -0.15) is 17.7 Å². The van der Waals surface area contributed by atoms with Gasteiger partial charge in [0.05, 0.1) is 11.9 Å². The van der Waals surface area contributed by atoms with Crippen LogP contribution in [-0.2, 0) is 6.54 Å². The highest BCUT2D eigenvalue weighted by molar-refractivity contribution is 7.81. The van der Waals surface area contributed by atoms with Crippen LogP contribution in [0.1, 0.15) is 23.4 Å². The lowest BCUT2D eigenvalue weighted by molar-refractivity contribution is 0.492. The maximum atomic E-state index is 13.8. The van der Waals surface area contributed by atoms with Gasteiger partial charge in [0, 0.05) is 23.7 Å². The molecule has 2 heterocycles. The van der Waals surface area contributed by atoms with Crippen LogP contribution < -0.4 is 10.6 Å². The first kappa shape index (κ1) is 18.7. The fourth-order valence-corrected chi connectivity index (χ4v) is 3.41. The first-order valence-corrected chi connectivity index (χ1v) is 9.23. The molecule has 0 saturated carbocycles. The van der Waals surface area contributed by atoms with Crippen molar-refractivity contribution in [2.45, 2.75) is 24.8 Å². The van der Waals surface area contributed by atoms with E-state index in [4.69, 9.17) is 0 Å². The molecule has 1 aromatic carbocycles. The van der Waals surface area contributed by atoms with E-state index in [0.29, 0.717) is 10.9 Å². The first-order chi connectivity index (χ1) is 12.5. The third-order valence-electron chi connectivity index (χ3n) is 3.84. The van der Waals surface area contributed by atoms with Crippen LogP contribution in [0.5, 0.6) is 0 Å². The number of rotatable bonds is 7. The van der Waals surface area contributed by atoms with Gasteiger partial charge in [-0.15, -0.1) is 10.2 Å². The lowest BCUT2D eigenvalue weighted by Gasteiger charge is -2.14. The number of likely N-dealkylation sites (N-methyl/N-ethyl adjacent to an activating group) is 1. The molecule has 0 aliphatic rings. The molecule has 0 radical (unpaired) electrons. The van der Waals surface area contributed by atoms with Crippen LogP contribution in [-0.4, -0.2) is 32.4 Å². The van der Waals surface area contributed by atoms with Crippen molar-refractivity contribution in [2.75, 3.05) is 12.4 Å². The van der Waals surface area contributed by atoms with Crippen LogP contribution in [0.2, 0.25) is 0 Å². The van der Waals surface area contributed by atoms with E-state index in [1.165, 1.54) is 28.2 Å². The number of nitrogens with one attached hydrogen (secondary N) is 2. The summed E-state index contributed by atoms with van der Waals surface area (Å²) >= 11 is 5.86. The van der Waals surface area contributed by atoms with E-state index in [1.54, 1.807) is 12.3 Å². The summed E-state index contributed by atoms with van der Waals surface area (Å²) in [5.74, 6) is -1.07. The lowest BCUT2D eigenvalue weighted by atomic mass is 10.2. The summed E-state index contributed by atoms with van der Waals surface area (Å²) in [5.41, 5.74) is 0.235. The summed E-state index contributed by atoms with van der Waals surface area (Å²) in [5, 5.41) is 20.1. The number of halogens is 2. The first-order valence-electron chi connectivity index (χ1n) is 7.90. The van der Waals surface area contributed by atoms with Crippen LogP contribution in [0.4, 0.5) is 19.7 Å². The van der Waals surface area contributed by atoms with Gasteiger partial charge in [-0.05, 0) is 13.1 Å². The molecule has 0 aliphatic carbocycles. The Bertz CT molecular complexity index is 881. The summed E-state index contributed by atoms with van der Waals surface area (Å²) in [6.45, 7) is 2.15. The minimum Gasteiger partial charge on any atom is -0.313 e. The van der Waals surface area contributed by atoms with E-state index in [1.807, 2.05) is 14.0 Å². The number of aromatic nitrogens is 4. The fourth-order valence-electron chi connectivity index (χ4n) is 2.33. The molecule has 0 bridgehead atoms. The van der Waals surface area contributed by atoms with Crippen LogP contribution in [0.3, 0.4) is 0 Å². The van der Waals surface area contributed by atoms with Crippen molar-refractivity contribution in [2.24, 2.45) is 0 Å². The smallest absolute Gasteiger partial charge is 0.211 e. The quantitative estimate of drug-likeness (QED) is 0.422. The van der Waals surface area contributed by atoms with E-state index < -0.39 is 11.6 Å². The number of anilines is 2. The highest BCUT2D eigenvalue weighted by atomic mass is 32.1. The third kappa shape index (κ3) is 4.19. The Balaban J connectivity index is 1.67. The van der Waals surface area contributed by atoms with Gasteiger partial charge in [-0.3, -0.25) is 4.68 Å². The molecule has 26 heavy (non-hydrogen) atoms. The van der Waals surface area contributed by atoms with Crippen molar-refractivity contribution in [1.29, 1.82) is 0 Å². The Labute approximate surface area is 159 Å². The maximum Gasteiger partial charge on any atom is 0.211 e. The molecule has 2 N–H and O–H groups in total. The van der Waals surface area contributed by atoms with Crippen molar-refractivity contribution in [3.05, 3.63) is 52.7 Å². The lowest BCUT2D eigenvalue weighted by Crippen LogP contribution is -2.24. The molecule has 0 aliphatic heterocycles. The number of hydrogen-bond acceptors (Lipinski definition) is 7. The minimum absolute atomic E-state index is 0.0174. The van der Waals surface area contributed by atoms with E-state index in [-0.39, 0.29) is 23.4 Å². The molecule has 0 amide bonds. The molecule has 3 aromatic rings. The molecule has 2 unspecified atom stereocenters. The van der Waals surface area contributed by atoms with Gasteiger partial charge in [-0.25, -0.2) is 8.78 Å². The van der Waals surface area contributed by atoms with E-state index in [0.717, 1.165) is 11.1 Å². The van der Waals surface area contributed by atoms with Crippen LogP contribution in [0.25, 0.3) is 0 Å². The molecule has 6 nitrogen and oxygen atoms in total. The van der Waals surface area contributed by atoms with Gasteiger partial charge in [0.25, 0.3) is 0 Å². The van der Waals surface area contributed by atoms with Gasteiger partial charge in [0.2, 0.25) is 5.13 Å². The SMILES string of the molecule is CNC(S)C(C)c1nnc(Nc2ccn(Cc3cccc(F)c3F)n2)s1. The molecule has 138 valence electrons. The van der Waals surface area contributed by atoms with Gasteiger partial charge >= 0.3 is 0 Å². The summed E-state index contributed by atoms with van der Waals surface area (Å²) in [6, 6.07) is 5.82. The molecule has 2 atom stereocenters. The van der Waals surface area contributed by atoms with Crippen molar-refractivity contribution in [1.82, 2.24) is 25.3 Å². The van der Waals surface area contributed by atoms with Crippen LogP contribution in [0.15, 0.2) is 30.5 Å². The molecule has 0 saturated heterocycles. The summed E-state index contributed by atoms with van der Waals surface area (Å²) in [4.78, 5) is 0. The Morgan fingerprint density at radius 2 is 2.08 bits per heavy atom. The number of nitrogens with zero attached hydrogens (tertiary/aromatic N) is 4. The zero-order chi connectivity index (χ0) is 18.7. The average Bonchev–Trinajstić information content (AvgIpc) is 3.27. The van der Waals surface area contributed by atoms with Crippen molar-refractivity contribution >= 4 is 34.9 Å². The number of hydrogen-bond donors (Lipinski definition) is 3. The van der Waals surface area contributed by atoms with Crippen molar-refractivity contribution in [3.63, 3.8) is 0 Å². The average molecular weight is 396 g/mol. The second-order valence-corrected chi connectivity index (χ2v) is 7.27. The summed E-state index contributed by atoms with van der Waals surface area (Å²) in [7, 11) is 1.84. The zero-order valence-electron chi connectivity index (χ0n) is 14.1. The predicted molar refractivity (Wildman–Crippen MR) is 101 cm³/mol. The molecule has 3 rings (SSSR count). The topological polar surface area (TPSA) is 67.7 Å². The van der Waals surface area contributed by atoms with E-state index in [2.05, 4.69) is 38.6 Å². The van der Waals surface area contributed by atoms with Crippen LogP contribution in [0, 0.1) is 11.6 Å². The predicted octanol–water partition coefficient (Wildman–Crippen LogP) is 3.38. The Morgan fingerprint density at radius 1 is 1.27 bits per heavy atom. The normalized spacial score (nSPS) is 13.6. The molecule has 2 aromatic heterocycles. The summed E-state index contributed by atoms with van der Waals surface area (Å²) < 4.78 is 28.6. The monoisotopic (exact) mass is 396 g/mol. The molecule has 10 heteroatoms. The van der Waals surface area contributed by atoms with Gasteiger partial charge in [0.1, 0.15) is 5.01 Å². The van der Waals surface area contributed by atoms with E-state index in [9.17, 15) is 8.78 Å². The zero-order valence-corrected chi connectivity index (χ0v) is 15.9. The largest absolute Gasteiger partial charge is 0.313 e. The van der Waals surface area contributed by atoms with Crippen molar-refractivity contribution in [3.8, 4) is 0 Å². The van der Waals surface area contributed by atoms with Gasteiger partial charge in [0.15, 0.2) is 17.5 Å². The Kier molecular flexibility index (Phi) is 5.84. The van der Waals surface area contributed by atoms with Crippen molar-refractivity contribution < 1.29 is 8.78 Å². The molecular weight excluding hydrogens is 378 g/mol. The highest BCUT2D eigenvalue weighted by Gasteiger charge is 2.18. The fraction of sp³-hybridized carbons (Fsp3) is 0.312.